The number of nitrogens with zero attached hydrogens (tertiary/aromatic N) is 1. The van der Waals surface area contributed by atoms with Gasteiger partial charge in [-0.15, -0.1) is 0 Å². The Morgan fingerprint density at radius 2 is 2.00 bits per heavy atom. The molecule has 5 nitrogen and oxygen atoms in total. The van der Waals surface area contributed by atoms with Crippen molar-refractivity contribution in [2.24, 2.45) is 5.73 Å². The number of primary amides is 1. The number of rotatable bonds is 5. The van der Waals surface area contributed by atoms with Gasteiger partial charge in [-0.1, -0.05) is 18.2 Å². The number of benzene rings is 1. The van der Waals surface area contributed by atoms with E-state index in [0.29, 0.717) is 11.1 Å². The predicted octanol–water partition coefficient (Wildman–Crippen LogP) is 1.29. The highest BCUT2D eigenvalue weighted by molar-refractivity contribution is 5.95. The lowest BCUT2D eigenvalue weighted by atomic mass is 10.0. The number of halogens is 1. The van der Waals surface area contributed by atoms with Gasteiger partial charge in [0, 0.05) is 30.8 Å². The molecule has 1 heterocycles. The number of nitrogens with one attached hydrogen (secondary N) is 1. The number of piperidine rings is 1. The van der Waals surface area contributed by atoms with Gasteiger partial charge in [0.1, 0.15) is 5.82 Å². The Balaban J connectivity index is 1.87. The van der Waals surface area contributed by atoms with Gasteiger partial charge in [-0.3, -0.25) is 14.5 Å². The number of hydrogen-bond donors (Lipinski definition) is 2. The van der Waals surface area contributed by atoms with Crippen LogP contribution in [0, 0.1) is 5.82 Å². The molecule has 0 aromatic heterocycles. The normalized spacial score (nSPS) is 17.0. The fourth-order valence-corrected chi connectivity index (χ4v) is 2.75. The molecule has 1 saturated heterocycles. The molecule has 23 heavy (non-hydrogen) atoms. The molecule has 0 unspecified atom stereocenters. The Bertz CT molecular complexity index is 608. The van der Waals surface area contributed by atoms with E-state index in [-0.39, 0.29) is 30.2 Å². The first-order chi connectivity index (χ1) is 11.0. The second-order valence-electron chi connectivity index (χ2n) is 5.83. The van der Waals surface area contributed by atoms with Gasteiger partial charge in [-0.05, 0) is 31.4 Å². The summed E-state index contributed by atoms with van der Waals surface area (Å²) in [5.41, 5.74) is 6.19. The number of allylic oxidation sites excluding steroid dienone is 1. The highest BCUT2D eigenvalue weighted by Gasteiger charge is 2.21. The van der Waals surface area contributed by atoms with Crippen molar-refractivity contribution in [1.29, 1.82) is 0 Å². The van der Waals surface area contributed by atoms with Crippen LogP contribution in [0.1, 0.15) is 25.3 Å². The van der Waals surface area contributed by atoms with Crippen molar-refractivity contribution in [2.45, 2.75) is 25.8 Å². The van der Waals surface area contributed by atoms with Crippen LogP contribution in [0.5, 0.6) is 0 Å². The predicted molar refractivity (Wildman–Crippen MR) is 86.9 cm³/mol. The smallest absolute Gasteiger partial charge is 0.244 e. The molecule has 1 aliphatic heterocycles. The molecular weight excluding hydrogens is 297 g/mol. The van der Waals surface area contributed by atoms with Gasteiger partial charge in [-0.25, -0.2) is 4.39 Å². The maximum Gasteiger partial charge on any atom is 0.244 e. The molecule has 0 aliphatic carbocycles. The third-order valence-corrected chi connectivity index (χ3v) is 3.96. The van der Waals surface area contributed by atoms with E-state index in [1.165, 1.54) is 12.1 Å². The van der Waals surface area contributed by atoms with Gasteiger partial charge in [0.2, 0.25) is 11.8 Å². The molecule has 3 N–H and O–H groups in total. The zero-order chi connectivity index (χ0) is 16.8. The summed E-state index contributed by atoms with van der Waals surface area (Å²) in [6, 6.07) is 6.44. The molecule has 1 aromatic rings. The van der Waals surface area contributed by atoms with Crippen molar-refractivity contribution in [3.63, 3.8) is 0 Å². The minimum atomic E-state index is -0.339. The van der Waals surface area contributed by atoms with Crippen LogP contribution in [-0.4, -0.2) is 42.4 Å². The molecule has 0 bridgehead atoms. The van der Waals surface area contributed by atoms with Crippen LogP contribution in [0.3, 0.4) is 0 Å². The number of nitrogens with two attached hydrogens (primary N) is 1. The lowest BCUT2D eigenvalue weighted by molar-refractivity contribution is -0.120. The van der Waals surface area contributed by atoms with Gasteiger partial charge in [0.25, 0.3) is 0 Å². The molecule has 0 atom stereocenters. The zero-order valence-electron chi connectivity index (χ0n) is 13.2. The van der Waals surface area contributed by atoms with Gasteiger partial charge in [0.15, 0.2) is 0 Å². The van der Waals surface area contributed by atoms with Crippen LogP contribution in [-0.2, 0) is 9.59 Å². The molecule has 6 heteroatoms. The summed E-state index contributed by atoms with van der Waals surface area (Å²) in [5.74, 6) is -0.899. The molecule has 0 spiro atoms. The zero-order valence-corrected chi connectivity index (χ0v) is 13.2. The maximum atomic E-state index is 13.7. The second kappa shape index (κ2) is 7.87. The quantitative estimate of drug-likeness (QED) is 0.803. The Kier molecular flexibility index (Phi) is 5.87. The first-order valence-corrected chi connectivity index (χ1v) is 7.70. The summed E-state index contributed by atoms with van der Waals surface area (Å²) >= 11 is 0. The van der Waals surface area contributed by atoms with Crippen LogP contribution >= 0.6 is 0 Å². The van der Waals surface area contributed by atoms with Crippen LogP contribution in [0.2, 0.25) is 0 Å². The number of carbonyl (C=O) groups is 2. The summed E-state index contributed by atoms with van der Waals surface area (Å²) in [4.78, 5) is 24.9. The summed E-state index contributed by atoms with van der Waals surface area (Å²) in [6.45, 7) is 3.42. The van der Waals surface area contributed by atoms with E-state index in [4.69, 9.17) is 5.73 Å². The van der Waals surface area contributed by atoms with E-state index < -0.39 is 0 Å². The molecule has 124 valence electrons. The Hall–Kier alpha value is -2.21. The van der Waals surface area contributed by atoms with Gasteiger partial charge in [-0.2, -0.15) is 0 Å². The molecule has 1 aromatic carbocycles. The number of likely N-dealkylation sites (tertiary alicyclic amines) is 1. The van der Waals surface area contributed by atoms with Gasteiger partial charge < -0.3 is 11.1 Å². The van der Waals surface area contributed by atoms with Crippen molar-refractivity contribution < 1.29 is 14.0 Å². The second-order valence-corrected chi connectivity index (χ2v) is 5.83. The summed E-state index contributed by atoms with van der Waals surface area (Å²) in [6.07, 6.45) is 2.96. The summed E-state index contributed by atoms with van der Waals surface area (Å²) < 4.78 is 13.7. The van der Waals surface area contributed by atoms with E-state index in [9.17, 15) is 14.0 Å². The fraction of sp³-hybridized carbons (Fsp3) is 0.412. The minimum absolute atomic E-state index is 0.0660. The number of hydrogen-bond acceptors (Lipinski definition) is 3. The first-order valence-electron chi connectivity index (χ1n) is 7.70. The standard InChI is InChI=1S/C17H22FN3O2/c1-12(14-4-2-3-5-15(14)18)10-17(23)20-13-6-8-21(9-7-13)11-16(19)22/h2-5,10,13H,6-9,11H2,1H3,(H2,19,22)(H,20,23). The lowest BCUT2D eigenvalue weighted by Gasteiger charge is -2.31. The maximum absolute atomic E-state index is 13.7. The SMILES string of the molecule is CC(=CC(=O)NC1CCN(CC(N)=O)CC1)c1ccccc1F. The Labute approximate surface area is 135 Å². The van der Waals surface area contributed by atoms with E-state index in [1.54, 1.807) is 25.1 Å². The highest BCUT2D eigenvalue weighted by atomic mass is 19.1. The summed E-state index contributed by atoms with van der Waals surface area (Å²) in [5, 5.41) is 2.93. The monoisotopic (exact) mass is 319 g/mol. The third-order valence-electron chi connectivity index (χ3n) is 3.96. The third kappa shape index (κ3) is 5.17. The van der Waals surface area contributed by atoms with E-state index in [2.05, 4.69) is 5.32 Å². The topological polar surface area (TPSA) is 75.4 Å². The Morgan fingerprint density at radius 3 is 2.61 bits per heavy atom. The fourth-order valence-electron chi connectivity index (χ4n) is 2.75. The molecule has 2 rings (SSSR count). The van der Waals surface area contributed by atoms with E-state index in [0.717, 1.165) is 25.9 Å². The summed E-state index contributed by atoms with van der Waals surface area (Å²) in [7, 11) is 0. The molecular formula is C17H22FN3O2. The number of carbonyl (C=O) groups excluding carboxylic acids is 2. The first kappa shape index (κ1) is 17.1. The molecule has 1 fully saturated rings. The van der Waals surface area contributed by atoms with Gasteiger partial charge in [0.05, 0.1) is 6.54 Å². The number of amides is 2. The highest BCUT2D eigenvalue weighted by Crippen LogP contribution is 2.17. The van der Waals surface area contributed by atoms with Crippen LogP contribution in [0.15, 0.2) is 30.3 Å². The van der Waals surface area contributed by atoms with E-state index in [1.807, 2.05) is 4.90 Å². The average molecular weight is 319 g/mol. The van der Waals surface area contributed by atoms with E-state index >= 15 is 0 Å². The van der Waals surface area contributed by atoms with Crippen molar-refractivity contribution >= 4 is 17.4 Å². The molecule has 0 saturated carbocycles. The van der Waals surface area contributed by atoms with Crippen LogP contribution < -0.4 is 11.1 Å². The van der Waals surface area contributed by atoms with Crippen molar-refractivity contribution in [3.8, 4) is 0 Å². The molecule has 0 radical (unpaired) electrons. The van der Waals surface area contributed by atoms with Crippen LogP contribution in [0.4, 0.5) is 4.39 Å². The minimum Gasteiger partial charge on any atom is -0.369 e. The average Bonchev–Trinajstić information content (AvgIpc) is 2.49. The Morgan fingerprint density at radius 1 is 1.35 bits per heavy atom. The molecule has 1 aliphatic rings. The van der Waals surface area contributed by atoms with Crippen LogP contribution in [0.25, 0.3) is 5.57 Å². The largest absolute Gasteiger partial charge is 0.369 e. The van der Waals surface area contributed by atoms with Crippen molar-refractivity contribution in [3.05, 3.63) is 41.7 Å². The van der Waals surface area contributed by atoms with Crippen molar-refractivity contribution in [1.82, 2.24) is 10.2 Å². The van der Waals surface area contributed by atoms with Gasteiger partial charge >= 0.3 is 0 Å². The molecule has 2 amide bonds. The van der Waals surface area contributed by atoms with Crippen molar-refractivity contribution in [2.75, 3.05) is 19.6 Å². The lowest BCUT2D eigenvalue weighted by Crippen LogP contribution is -2.46.